The zero-order valence-electron chi connectivity index (χ0n) is 9.75. The van der Waals surface area contributed by atoms with Crippen LogP contribution in [-0.4, -0.2) is 34.0 Å². The summed E-state index contributed by atoms with van der Waals surface area (Å²) in [5, 5.41) is 28.6. The molecule has 94 valence electrons. The first kappa shape index (κ1) is 13.5. The minimum absolute atomic E-state index is 0.0894. The largest absolute Gasteiger partial charge is 0.508 e. The lowest BCUT2D eigenvalue weighted by atomic mass is 10.0. The van der Waals surface area contributed by atoms with Gasteiger partial charge in [0.15, 0.2) is 6.10 Å². The predicted molar refractivity (Wildman–Crippen MR) is 60.4 cm³/mol. The Labute approximate surface area is 99.3 Å². The highest BCUT2D eigenvalue weighted by Crippen LogP contribution is 2.23. The average Bonchev–Trinajstić information content (AvgIpc) is 2.31. The summed E-state index contributed by atoms with van der Waals surface area (Å²) in [5.41, 5.74) is 0.901. The summed E-state index contributed by atoms with van der Waals surface area (Å²) < 4.78 is 4.60. The second-order valence-electron chi connectivity index (χ2n) is 3.69. The maximum atomic E-state index is 11.2. The first-order valence-corrected chi connectivity index (χ1v) is 5.29. The van der Waals surface area contributed by atoms with Crippen molar-refractivity contribution in [2.24, 2.45) is 0 Å². The van der Waals surface area contributed by atoms with Crippen LogP contribution >= 0.6 is 0 Å². The van der Waals surface area contributed by atoms with Gasteiger partial charge in [-0.3, -0.25) is 0 Å². The standard InChI is InChI=1S/C12H16O5/c1-3-17-12(16)11(15)10(14)8-4-5-9(13)7(2)6-8/h4-6,10-11,13-15H,3H2,1-2H3. The Balaban J connectivity index is 2.84. The van der Waals surface area contributed by atoms with Crippen LogP contribution in [0.2, 0.25) is 0 Å². The van der Waals surface area contributed by atoms with Crippen LogP contribution in [0.5, 0.6) is 5.75 Å². The van der Waals surface area contributed by atoms with E-state index in [9.17, 15) is 20.1 Å². The number of phenolic OH excluding ortho intramolecular Hbond substituents is 1. The number of hydrogen-bond acceptors (Lipinski definition) is 5. The molecule has 17 heavy (non-hydrogen) atoms. The van der Waals surface area contributed by atoms with Gasteiger partial charge in [-0.15, -0.1) is 0 Å². The van der Waals surface area contributed by atoms with Crippen molar-refractivity contribution in [2.75, 3.05) is 6.61 Å². The number of aryl methyl sites for hydroxylation is 1. The lowest BCUT2D eigenvalue weighted by Crippen LogP contribution is -2.29. The third kappa shape index (κ3) is 3.18. The van der Waals surface area contributed by atoms with E-state index < -0.39 is 18.2 Å². The molecule has 3 N–H and O–H groups in total. The topological polar surface area (TPSA) is 87.0 Å². The fourth-order valence-electron chi connectivity index (χ4n) is 1.40. The van der Waals surface area contributed by atoms with Crippen molar-refractivity contribution in [1.82, 2.24) is 0 Å². The van der Waals surface area contributed by atoms with Gasteiger partial charge in [-0.2, -0.15) is 0 Å². The Kier molecular flexibility index (Phi) is 4.48. The van der Waals surface area contributed by atoms with Gasteiger partial charge in [0.1, 0.15) is 11.9 Å². The van der Waals surface area contributed by atoms with E-state index in [1.54, 1.807) is 13.8 Å². The third-order valence-corrected chi connectivity index (χ3v) is 2.39. The van der Waals surface area contributed by atoms with Gasteiger partial charge < -0.3 is 20.1 Å². The SMILES string of the molecule is CCOC(=O)C(O)C(O)c1ccc(O)c(C)c1. The molecule has 1 aromatic rings. The summed E-state index contributed by atoms with van der Waals surface area (Å²) in [6, 6.07) is 4.34. The second-order valence-corrected chi connectivity index (χ2v) is 3.69. The summed E-state index contributed by atoms with van der Waals surface area (Å²) in [6.45, 7) is 3.40. The van der Waals surface area contributed by atoms with Crippen LogP contribution in [0.4, 0.5) is 0 Å². The highest BCUT2D eigenvalue weighted by atomic mass is 16.5. The van der Waals surface area contributed by atoms with Crippen molar-refractivity contribution in [3.8, 4) is 5.75 Å². The van der Waals surface area contributed by atoms with Gasteiger partial charge in [-0.25, -0.2) is 4.79 Å². The number of aliphatic hydroxyl groups excluding tert-OH is 2. The maximum Gasteiger partial charge on any atom is 0.338 e. The molecule has 0 bridgehead atoms. The van der Waals surface area contributed by atoms with E-state index in [-0.39, 0.29) is 12.4 Å². The number of esters is 1. The molecule has 0 amide bonds. The van der Waals surface area contributed by atoms with Gasteiger partial charge in [0.25, 0.3) is 0 Å². The zero-order chi connectivity index (χ0) is 13.0. The summed E-state index contributed by atoms with van der Waals surface area (Å²) in [6.07, 6.45) is -2.99. The van der Waals surface area contributed by atoms with Crippen LogP contribution < -0.4 is 0 Å². The normalized spacial score (nSPS) is 14.1. The lowest BCUT2D eigenvalue weighted by molar-refractivity contribution is -0.159. The summed E-state index contributed by atoms with van der Waals surface area (Å²) in [4.78, 5) is 11.2. The van der Waals surface area contributed by atoms with Crippen LogP contribution in [0.1, 0.15) is 24.2 Å². The van der Waals surface area contributed by atoms with Crippen LogP contribution in [-0.2, 0) is 9.53 Å². The first-order chi connectivity index (χ1) is 7.97. The van der Waals surface area contributed by atoms with E-state index in [0.29, 0.717) is 11.1 Å². The molecule has 0 fully saturated rings. The van der Waals surface area contributed by atoms with Crippen LogP contribution in [0, 0.1) is 6.92 Å². The fourth-order valence-corrected chi connectivity index (χ4v) is 1.40. The van der Waals surface area contributed by atoms with Crippen molar-refractivity contribution in [1.29, 1.82) is 0 Å². The number of rotatable bonds is 4. The van der Waals surface area contributed by atoms with E-state index in [2.05, 4.69) is 4.74 Å². The molecule has 0 saturated carbocycles. The van der Waals surface area contributed by atoms with Crippen molar-refractivity contribution in [2.45, 2.75) is 26.1 Å². The quantitative estimate of drug-likeness (QED) is 0.673. The Morgan fingerprint density at radius 1 is 1.41 bits per heavy atom. The fraction of sp³-hybridized carbons (Fsp3) is 0.417. The monoisotopic (exact) mass is 240 g/mol. The molecule has 0 saturated heterocycles. The van der Waals surface area contributed by atoms with Gasteiger partial charge in [-0.05, 0) is 37.1 Å². The van der Waals surface area contributed by atoms with E-state index >= 15 is 0 Å². The van der Waals surface area contributed by atoms with Crippen LogP contribution in [0.25, 0.3) is 0 Å². The summed E-state index contributed by atoms with van der Waals surface area (Å²) in [5.74, 6) is -0.780. The second kappa shape index (κ2) is 5.65. The van der Waals surface area contributed by atoms with E-state index in [0.717, 1.165) is 0 Å². The summed E-state index contributed by atoms with van der Waals surface area (Å²) >= 11 is 0. The van der Waals surface area contributed by atoms with E-state index in [1.807, 2.05) is 0 Å². The number of aromatic hydroxyl groups is 1. The van der Waals surface area contributed by atoms with Crippen molar-refractivity contribution >= 4 is 5.97 Å². The predicted octanol–water partition coefficient (Wildman–Crippen LogP) is 0.658. The van der Waals surface area contributed by atoms with Gasteiger partial charge in [-0.1, -0.05) is 6.07 Å². The number of carbonyl (C=O) groups excluding carboxylic acids is 1. The zero-order valence-corrected chi connectivity index (χ0v) is 9.75. The van der Waals surface area contributed by atoms with Gasteiger partial charge >= 0.3 is 5.97 Å². The van der Waals surface area contributed by atoms with Crippen molar-refractivity contribution < 1.29 is 24.9 Å². The lowest BCUT2D eigenvalue weighted by Gasteiger charge is -2.17. The smallest absolute Gasteiger partial charge is 0.338 e. The van der Waals surface area contributed by atoms with E-state index in [1.165, 1.54) is 18.2 Å². The summed E-state index contributed by atoms with van der Waals surface area (Å²) in [7, 11) is 0. The Morgan fingerprint density at radius 3 is 2.59 bits per heavy atom. The van der Waals surface area contributed by atoms with Gasteiger partial charge in [0.05, 0.1) is 6.61 Å². The van der Waals surface area contributed by atoms with Crippen molar-refractivity contribution in [3.63, 3.8) is 0 Å². The molecule has 0 radical (unpaired) electrons. The molecular weight excluding hydrogens is 224 g/mol. The highest BCUT2D eigenvalue weighted by Gasteiger charge is 2.27. The minimum atomic E-state index is -1.63. The molecule has 2 atom stereocenters. The average molecular weight is 240 g/mol. The van der Waals surface area contributed by atoms with Crippen LogP contribution in [0.15, 0.2) is 18.2 Å². The molecule has 0 aliphatic heterocycles. The molecule has 5 heteroatoms. The molecular formula is C12H16O5. The first-order valence-electron chi connectivity index (χ1n) is 5.29. The number of hydrogen-bond donors (Lipinski definition) is 3. The molecule has 0 aromatic heterocycles. The Bertz CT molecular complexity index is 402. The number of phenols is 1. The molecule has 0 spiro atoms. The van der Waals surface area contributed by atoms with E-state index in [4.69, 9.17) is 0 Å². The Hall–Kier alpha value is -1.59. The molecule has 1 aromatic carbocycles. The number of aliphatic hydroxyl groups is 2. The highest BCUT2D eigenvalue weighted by molar-refractivity contribution is 5.75. The van der Waals surface area contributed by atoms with Crippen LogP contribution in [0.3, 0.4) is 0 Å². The van der Waals surface area contributed by atoms with Gasteiger partial charge in [0.2, 0.25) is 0 Å². The third-order valence-electron chi connectivity index (χ3n) is 2.39. The number of benzene rings is 1. The molecule has 5 nitrogen and oxygen atoms in total. The molecule has 0 heterocycles. The molecule has 0 aliphatic carbocycles. The maximum absolute atomic E-state index is 11.2. The molecule has 2 unspecified atom stereocenters. The number of carbonyl (C=O) groups is 1. The number of ether oxygens (including phenoxy) is 1. The van der Waals surface area contributed by atoms with Crippen molar-refractivity contribution in [3.05, 3.63) is 29.3 Å². The minimum Gasteiger partial charge on any atom is -0.508 e. The molecule has 0 aliphatic rings. The molecule has 1 rings (SSSR count). The van der Waals surface area contributed by atoms with Gasteiger partial charge in [0, 0.05) is 0 Å². The Morgan fingerprint density at radius 2 is 2.06 bits per heavy atom.